The smallest absolute Gasteiger partial charge is 0.243 e. The molecule has 0 unspecified atom stereocenters. The van der Waals surface area contributed by atoms with Crippen LogP contribution in [-0.4, -0.2) is 42.1 Å². The Morgan fingerprint density at radius 2 is 1.72 bits per heavy atom. The van der Waals surface area contributed by atoms with Crippen molar-refractivity contribution in [2.45, 2.75) is 30.4 Å². The Morgan fingerprint density at radius 3 is 2.22 bits per heavy atom. The summed E-state index contributed by atoms with van der Waals surface area (Å²) in [6.45, 7) is 0.604. The van der Waals surface area contributed by atoms with Crippen molar-refractivity contribution < 1.29 is 18.6 Å². The summed E-state index contributed by atoms with van der Waals surface area (Å²) >= 11 is 0. The van der Waals surface area contributed by atoms with Crippen molar-refractivity contribution >= 4 is 10.0 Å². The second kappa shape index (κ2) is 5.36. The molecule has 0 amide bonds. The second-order valence-electron chi connectivity index (χ2n) is 4.44. The van der Waals surface area contributed by atoms with Gasteiger partial charge in [0.1, 0.15) is 0 Å². The van der Waals surface area contributed by atoms with E-state index in [-0.39, 0.29) is 11.5 Å². The van der Waals surface area contributed by atoms with E-state index in [0.29, 0.717) is 31.5 Å². The van der Waals surface area contributed by atoms with Gasteiger partial charge < -0.3 is 10.2 Å². The Bertz CT molecular complexity index is 489. The van der Waals surface area contributed by atoms with Crippen molar-refractivity contribution in [2.24, 2.45) is 0 Å². The van der Waals surface area contributed by atoms with Crippen molar-refractivity contribution in [3.8, 4) is 0 Å². The molecule has 1 fully saturated rings. The number of aliphatic hydroxyl groups excluding tert-OH is 2. The van der Waals surface area contributed by atoms with Gasteiger partial charge in [-0.25, -0.2) is 8.42 Å². The van der Waals surface area contributed by atoms with Crippen LogP contribution in [0.3, 0.4) is 0 Å². The van der Waals surface area contributed by atoms with Crippen LogP contribution < -0.4 is 0 Å². The first-order valence-electron chi connectivity index (χ1n) is 5.92. The van der Waals surface area contributed by atoms with E-state index in [1.54, 1.807) is 12.1 Å². The van der Waals surface area contributed by atoms with Crippen LogP contribution in [0.2, 0.25) is 0 Å². The van der Waals surface area contributed by atoms with E-state index in [0.717, 1.165) is 0 Å². The van der Waals surface area contributed by atoms with Crippen LogP contribution in [0.25, 0.3) is 0 Å². The summed E-state index contributed by atoms with van der Waals surface area (Å²) in [6.07, 6.45) is 0.565. The van der Waals surface area contributed by atoms with E-state index in [1.807, 2.05) is 0 Å². The lowest BCUT2D eigenvalue weighted by molar-refractivity contribution is 0.113. The van der Waals surface area contributed by atoms with Crippen LogP contribution in [0.15, 0.2) is 29.2 Å². The third-order valence-electron chi connectivity index (χ3n) is 3.17. The summed E-state index contributed by atoms with van der Waals surface area (Å²) in [5.74, 6) is 0. The maximum absolute atomic E-state index is 12.3. The number of sulfonamides is 1. The molecule has 0 atom stereocenters. The molecule has 2 rings (SSSR count). The van der Waals surface area contributed by atoms with Gasteiger partial charge in [0, 0.05) is 13.1 Å². The molecule has 5 nitrogen and oxygen atoms in total. The van der Waals surface area contributed by atoms with Crippen molar-refractivity contribution in [3.63, 3.8) is 0 Å². The summed E-state index contributed by atoms with van der Waals surface area (Å²) in [4.78, 5) is 0.232. The average Bonchev–Trinajstić information content (AvgIpc) is 2.39. The van der Waals surface area contributed by atoms with Gasteiger partial charge in [-0.1, -0.05) is 12.1 Å². The third kappa shape index (κ3) is 2.72. The fourth-order valence-electron chi connectivity index (χ4n) is 2.00. The molecular formula is C12H17NO4S. The monoisotopic (exact) mass is 271 g/mol. The van der Waals surface area contributed by atoms with E-state index in [1.165, 1.54) is 16.4 Å². The van der Waals surface area contributed by atoms with E-state index in [2.05, 4.69) is 0 Å². The van der Waals surface area contributed by atoms with Gasteiger partial charge in [0.05, 0.1) is 17.6 Å². The lowest BCUT2D eigenvalue weighted by Crippen LogP contribution is -2.39. The van der Waals surface area contributed by atoms with Gasteiger partial charge in [-0.2, -0.15) is 4.31 Å². The minimum absolute atomic E-state index is 0.101. The normalized spacial score (nSPS) is 19.0. The molecule has 18 heavy (non-hydrogen) atoms. The Labute approximate surface area is 107 Å². The molecule has 2 N–H and O–H groups in total. The van der Waals surface area contributed by atoms with E-state index < -0.39 is 16.1 Å². The summed E-state index contributed by atoms with van der Waals surface area (Å²) in [5.41, 5.74) is 0.683. The molecule has 1 saturated heterocycles. The van der Waals surface area contributed by atoms with Crippen LogP contribution in [0.1, 0.15) is 18.4 Å². The first-order valence-corrected chi connectivity index (χ1v) is 7.36. The van der Waals surface area contributed by atoms with Crippen LogP contribution in [0.5, 0.6) is 0 Å². The van der Waals surface area contributed by atoms with Gasteiger partial charge >= 0.3 is 0 Å². The Kier molecular flexibility index (Phi) is 4.01. The number of piperidine rings is 1. The molecule has 1 aromatic carbocycles. The summed E-state index contributed by atoms with van der Waals surface area (Å²) in [7, 11) is -3.47. The number of hydrogen-bond donors (Lipinski definition) is 2. The van der Waals surface area contributed by atoms with Gasteiger partial charge in [0.25, 0.3) is 0 Å². The molecule has 6 heteroatoms. The molecule has 0 bridgehead atoms. The average molecular weight is 271 g/mol. The number of benzene rings is 1. The summed E-state index contributed by atoms with van der Waals surface area (Å²) in [5, 5.41) is 18.3. The number of hydrogen-bond acceptors (Lipinski definition) is 4. The maximum Gasteiger partial charge on any atom is 0.243 e. The minimum Gasteiger partial charge on any atom is -0.393 e. The predicted octanol–water partition coefficient (Wildman–Crippen LogP) is 0.324. The molecule has 1 aromatic rings. The zero-order chi connectivity index (χ0) is 13.2. The number of nitrogens with zero attached hydrogens (tertiary/aromatic N) is 1. The molecule has 0 aromatic heterocycles. The van der Waals surface area contributed by atoms with Crippen LogP contribution >= 0.6 is 0 Å². The maximum atomic E-state index is 12.3. The highest BCUT2D eigenvalue weighted by molar-refractivity contribution is 7.89. The van der Waals surface area contributed by atoms with Crippen molar-refractivity contribution in [3.05, 3.63) is 29.8 Å². The highest BCUT2D eigenvalue weighted by atomic mass is 32.2. The van der Waals surface area contributed by atoms with Crippen LogP contribution in [0.4, 0.5) is 0 Å². The number of aliphatic hydroxyl groups is 2. The van der Waals surface area contributed by atoms with Crippen molar-refractivity contribution in [1.82, 2.24) is 4.31 Å². The van der Waals surface area contributed by atoms with E-state index >= 15 is 0 Å². The quantitative estimate of drug-likeness (QED) is 0.830. The van der Waals surface area contributed by atoms with Gasteiger partial charge in [-0.05, 0) is 30.5 Å². The molecule has 1 heterocycles. The summed E-state index contributed by atoms with van der Waals surface area (Å²) < 4.78 is 25.9. The fraction of sp³-hybridized carbons (Fsp3) is 0.500. The first kappa shape index (κ1) is 13.5. The van der Waals surface area contributed by atoms with Crippen molar-refractivity contribution in [2.75, 3.05) is 13.1 Å². The molecule has 0 radical (unpaired) electrons. The highest BCUT2D eigenvalue weighted by Crippen LogP contribution is 2.21. The van der Waals surface area contributed by atoms with Crippen molar-refractivity contribution in [1.29, 1.82) is 0 Å². The van der Waals surface area contributed by atoms with Crippen LogP contribution in [-0.2, 0) is 16.6 Å². The summed E-state index contributed by atoms with van der Waals surface area (Å²) in [6, 6.07) is 6.22. The zero-order valence-electron chi connectivity index (χ0n) is 9.99. The molecule has 0 saturated carbocycles. The van der Waals surface area contributed by atoms with Gasteiger partial charge in [-0.15, -0.1) is 0 Å². The first-order chi connectivity index (χ1) is 8.54. The van der Waals surface area contributed by atoms with Gasteiger partial charge in [0.15, 0.2) is 0 Å². The fourth-order valence-corrected chi connectivity index (χ4v) is 3.47. The Balaban J connectivity index is 2.19. The molecule has 1 aliphatic rings. The molecule has 1 aliphatic heterocycles. The lowest BCUT2D eigenvalue weighted by Gasteiger charge is -2.28. The molecule has 100 valence electrons. The largest absolute Gasteiger partial charge is 0.393 e. The standard InChI is InChI=1S/C12H17NO4S/c14-9-10-1-3-12(4-2-10)18(16,17)13-7-5-11(15)6-8-13/h1-4,11,14-15H,5-9H2. The molecule has 0 spiro atoms. The van der Waals surface area contributed by atoms with E-state index in [9.17, 15) is 13.5 Å². The second-order valence-corrected chi connectivity index (χ2v) is 6.38. The third-order valence-corrected chi connectivity index (χ3v) is 5.08. The SMILES string of the molecule is O=S(=O)(c1ccc(CO)cc1)N1CCC(O)CC1. The van der Waals surface area contributed by atoms with E-state index in [4.69, 9.17) is 5.11 Å². The lowest BCUT2D eigenvalue weighted by atomic mass is 10.1. The predicted molar refractivity (Wildman–Crippen MR) is 66.4 cm³/mol. The zero-order valence-corrected chi connectivity index (χ0v) is 10.8. The Hall–Kier alpha value is -0.950. The van der Waals surface area contributed by atoms with Gasteiger partial charge in [0.2, 0.25) is 10.0 Å². The molecular weight excluding hydrogens is 254 g/mol. The number of rotatable bonds is 3. The van der Waals surface area contributed by atoms with Crippen LogP contribution in [0, 0.1) is 0 Å². The topological polar surface area (TPSA) is 77.8 Å². The molecule has 0 aliphatic carbocycles. The minimum atomic E-state index is -3.47. The Morgan fingerprint density at radius 1 is 1.17 bits per heavy atom. The highest BCUT2D eigenvalue weighted by Gasteiger charge is 2.28. The van der Waals surface area contributed by atoms with Gasteiger partial charge in [-0.3, -0.25) is 0 Å².